The van der Waals surface area contributed by atoms with E-state index in [0.29, 0.717) is 11.5 Å². The Morgan fingerprint density at radius 1 is 0.968 bits per heavy atom. The lowest BCUT2D eigenvalue weighted by Crippen LogP contribution is -2.19. The van der Waals surface area contributed by atoms with Crippen molar-refractivity contribution >= 4 is 12.1 Å². The molecule has 0 aliphatic heterocycles. The quantitative estimate of drug-likeness (QED) is 0.455. The molecule has 0 bridgehead atoms. The fourth-order valence-electron chi connectivity index (χ4n) is 3.78. The number of nitrogens with one attached hydrogen (secondary N) is 1. The molecule has 2 aromatic carbocycles. The normalized spacial score (nSPS) is 11.0. The number of aromatic nitrogens is 1. The molecule has 0 unspecified atom stereocenters. The molecule has 6 nitrogen and oxygen atoms in total. The third kappa shape index (κ3) is 5.15. The Hall–Kier alpha value is -3.54. The summed E-state index contributed by atoms with van der Waals surface area (Å²) in [5, 5.41) is 4.16. The number of hydrazone groups is 1. The van der Waals surface area contributed by atoms with Crippen LogP contribution in [0.15, 0.2) is 47.6 Å². The van der Waals surface area contributed by atoms with Crippen molar-refractivity contribution in [1.29, 1.82) is 0 Å². The van der Waals surface area contributed by atoms with E-state index < -0.39 is 0 Å². The van der Waals surface area contributed by atoms with Crippen LogP contribution >= 0.6 is 0 Å². The van der Waals surface area contributed by atoms with E-state index in [-0.39, 0.29) is 12.3 Å². The van der Waals surface area contributed by atoms with Crippen LogP contribution in [-0.2, 0) is 11.2 Å². The number of aryl methyl sites for hydroxylation is 3. The molecule has 1 amide bonds. The van der Waals surface area contributed by atoms with Gasteiger partial charge in [0.05, 0.1) is 26.9 Å². The smallest absolute Gasteiger partial charge is 0.244 e. The number of nitrogens with zero attached hydrogens (tertiary/aromatic N) is 2. The summed E-state index contributed by atoms with van der Waals surface area (Å²) in [5.41, 5.74) is 10.1. The van der Waals surface area contributed by atoms with Crippen molar-refractivity contribution in [2.75, 3.05) is 14.2 Å². The number of benzene rings is 2. The maximum Gasteiger partial charge on any atom is 0.244 e. The van der Waals surface area contributed by atoms with Gasteiger partial charge in [-0.25, -0.2) is 5.43 Å². The van der Waals surface area contributed by atoms with Gasteiger partial charge in [-0.1, -0.05) is 12.1 Å². The summed E-state index contributed by atoms with van der Waals surface area (Å²) in [6.45, 7) is 8.32. The van der Waals surface area contributed by atoms with Gasteiger partial charge in [0, 0.05) is 22.6 Å². The highest BCUT2D eigenvalue weighted by Gasteiger charge is 2.11. The van der Waals surface area contributed by atoms with Crippen LogP contribution in [0.5, 0.6) is 11.5 Å². The molecule has 0 fully saturated rings. The first-order valence-corrected chi connectivity index (χ1v) is 10.1. The van der Waals surface area contributed by atoms with Crippen LogP contribution in [-0.4, -0.2) is 30.9 Å². The highest BCUT2D eigenvalue weighted by Crippen LogP contribution is 2.27. The van der Waals surface area contributed by atoms with Gasteiger partial charge in [-0.2, -0.15) is 5.10 Å². The zero-order chi connectivity index (χ0) is 22.5. The van der Waals surface area contributed by atoms with E-state index in [1.165, 1.54) is 11.1 Å². The molecule has 0 aliphatic carbocycles. The van der Waals surface area contributed by atoms with Crippen molar-refractivity contribution in [2.24, 2.45) is 5.10 Å². The molecule has 0 radical (unpaired) electrons. The third-order valence-electron chi connectivity index (χ3n) is 5.14. The fraction of sp³-hybridized carbons (Fsp3) is 0.280. The van der Waals surface area contributed by atoms with Crippen molar-refractivity contribution in [2.45, 2.75) is 34.1 Å². The van der Waals surface area contributed by atoms with Crippen LogP contribution in [0.25, 0.3) is 5.69 Å². The Balaban J connectivity index is 1.71. The lowest BCUT2D eigenvalue weighted by molar-refractivity contribution is -0.120. The molecule has 31 heavy (non-hydrogen) atoms. The number of carbonyl (C=O) groups is 1. The first-order valence-electron chi connectivity index (χ1n) is 10.1. The predicted octanol–water partition coefficient (Wildman–Crippen LogP) is 4.42. The highest BCUT2D eigenvalue weighted by molar-refractivity contribution is 5.85. The van der Waals surface area contributed by atoms with Crippen molar-refractivity contribution in [1.82, 2.24) is 9.99 Å². The molecule has 162 valence electrons. The van der Waals surface area contributed by atoms with Crippen molar-refractivity contribution in [3.05, 3.63) is 76.1 Å². The van der Waals surface area contributed by atoms with Crippen molar-refractivity contribution in [3.8, 4) is 17.2 Å². The molecular weight excluding hydrogens is 390 g/mol. The first-order chi connectivity index (χ1) is 14.8. The third-order valence-corrected chi connectivity index (χ3v) is 5.14. The van der Waals surface area contributed by atoms with Crippen LogP contribution in [0.2, 0.25) is 0 Å². The number of amides is 1. The minimum Gasteiger partial charge on any atom is -0.493 e. The van der Waals surface area contributed by atoms with E-state index in [0.717, 1.165) is 28.2 Å². The first kappa shape index (κ1) is 22.2. The van der Waals surface area contributed by atoms with E-state index in [4.69, 9.17) is 9.47 Å². The monoisotopic (exact) mass is 419 g/mol. The largest absolute Gasteiger partial charge is 0.493 e. The van der Waals surface area contributed by atoms with E-state index in [9.17, 15) is 4.79 Å². The summed E-state index contributed by atoms with van der Waals surface area (Å²) in [6, 6.07) is 14.0. The van der Waals surface area contributed by atoms with Gasteiger partial charge >= 0.3 is 0 Å². The Labute approximate surface area is 183 Å². The predicted molar refractivity (Wildman–Crippen MR) is 124 cm³/mol. The summed E-state index contributed by atoms with van der Waals surface area (Å²) in [4.78, 5) is 12.3. The van der Waals surface area contributed by atoms with Crippen LogP contribution in [0.1, 0.15) is 33.6 Å². The standard InChI is InChI=1S/C25H29N3O3/c1-16-9-17(2)11-22(10-16)28-18(3)12-21(19(28)4)15-26-27-25(29)14-20-7-8-23(30-5)24(13-20)31-6/h7-13,15H,14H2,1-6H3,(H,27,29)/b26-15-. The summed E-state index contributed by atoms with van der Waals surface area (Å²) >= 11 is 0. The number of methoxy groups -OCH3 is 2. The Kier molecular flexibility index (Phi) is 6.80. The molecule has 3 rings (SSSR count). The number of hydrogen-bond donors (Lipinski definition) is 1. The Morgan fingerprint density at radius 2 is 1.65 bits per heavy atom. The van der Waals surface area contributed by atoms with Crippen LogP contribution in [0.4, 0.5) is 0 Å². The Bertz CT molecular complexity index is 1110. The summed E-state index contributed by atoms with van der Waals surface area (Å²) < 4.78 is 12.7. The summed E-state index contributed by atoms with van der Waals surface area (Å²) in [7, 11) is 3.15. The maximum absolute atomic E-state index is 12.3. The molecule has 0 saturated heterocycles. The van der Waals surface area contributed by atoms with Gasteiger partial charge in [-0.05, 0) is 74.7 Å². The average molecular weight is 420 g/mol. The molecule has 0 aliphatic rings. The number of hydrogen-bond acceptors (Lipinski definition) is 4. The molecule has 0 saturated carbocycles. The lowest BCUT2D eigenvalue weighted by atomic mass is 10.1. The van der Waals surface area contributed by atoms with Gasteiger partial charge in [0.1, 0.15) is 0 Å². The van der Waals surface area contributed by atoms with Crippen molar-refractivity contribution < 1.29 is 14.3 Å². The van der Waals surface area contributed by atoms with Gasteiger partial charge in [0.2, 0.25) is 5.91 Å². The Morgan fingerprint density at radius 3 is 2.29 bits per heavy atom. The lowest BCUT2D eigenvalue weighted by Gasteiger charge is -2.11. The summed E-state index contributed by atoms with van der Waals surface area (Å²) in [6.07, 6.45) is 1.88. The van der Waals surface area contributed by atoms with E-state index in [2.05, 4.69) is 67.1 Å². The van der Waals surface area contributed by atoms with E-state index in [1.807, 2.05) is 6.07 Å². The maximum atomic E-state index is 12.3. The fourth-order valence-corrected chi connectivity index (χ4v) is 3.78. The average Bonchev–Trinajstić information content (AvgIpc) is 3.00. The second-order valence-electron chi connectivity index (χ2n) is 7.67. The van der Waals surface area contributed by atoms with Crippen LogP contribution in [0, 0.1) is 27.7 Å². The molecule has 3 aromatic rings. The molecular formula is C25H29N3O3. The zero-order valence-corrected chi connectivity index (χ0v) is 18.9. The molecule has 6 heteroatoms. The molecule has 1 aromatic heterocycles. The minimum absolute atomic E-state index is 0.194. The van der Waals surface area contributed by atoms with Crippen LogP contribution in [0.3, 0.4) is 0 Å². The number of rotatable bonds is 7. The van der Waals surface area contributed by atoms with E-state index >= 15 is 0 Å². The second kappa shape index (κ2) is 9.51. The number of ether oxygens (including phenoxy) is 2. The minimum atomic E-state index is -0.202. The summed E-state index contributed by atoms with van der Waals surface area (Å²) in [5.74, 6) is 1.02. The molecule has 1 heterocycles. The zero-order valence-electron chi connectivity index (χ0n) is 18.9. The molecule has 0 spiro atoms. The molecule has 0 atom stereocenters. The highest BCUT2D eigenvalue weighted by atomic mass is 16.5. The second-order valence-corrected chi connectivity index (χ2v) is 7.67. The van der Waals surface area contributed by atoms with Crippen LogP contribution < -0.4 is 14.9 Å². The molecule has 1 N–H and O–H groups in total. The number of carbonyl (C=O) groups excluding carboxylic acids is 1. The van der Waals surface area contributed by atoms with E-state index in [1.54, 1.807) is 32.6 Å². The van der Waals surface area contributed by atoms with Gasteiger partial charge < -0.3 is 14.0 Å². The van der Waals surface area contributed by atoms with Gasteiger partial charge in [0.25, 0.3) is 0 Å². The van der Waals surface area contributed by atoms with Gasteiger partial charge in [-0.15, -0.1) is 0 Å². The topological polar surface area (TPSA) is 64.8 Å². The SMILES string of the molecule is COc1ccc(CC(=O)N/N=C\c2cc(C)n(-c3cc(C)cc(C)c3)c2C)cc1OC. The van der Waals surface area contributed by atoms with Gasteiger partial charge in [-0.3, -0.25) is 4.79 Å². The van der Waals surface area contributed by atoms with Crippen molar-refractivity contribution in [3.63, 3.8) is 0 Å². The van der Waals surface area contributed by atoms with Gasteiger partial charge in [0.15, 0.2) is 11.5 Å².